The zero-order chi connectivity index (χ0) is 16.4. The molecule has 0 radical (unpaired) electrons. The van der Waals surface area contributed by atoms with Gasteiger partial charge in [-0.25, -0.2) is 9.78 Å². The molecule has 0 bridgehead atoms. The topological polar surface area (TPSA) is 81.6 Å². The van der Waals surface area contributed by atoms with E-state index in [-0.39, 0.29) is 18.1 Å². The molecule has 0 fully saturated rings. The van der Waals surface area contributed by atoms with Crippen LogP contribution in [0.4, 0.5) is 5.69 Å². The molecule has 1 aromatic heterocycles. The maximum atomic E-state index is 12.7. The number of benzene rings is 1. The van der Waals surface area contributed by atoms with Crippen LogP contribution in [0, 0.1) is 6.92 Å². The van der Waals surface area contributed by atoms with Crippen molar-refractivity contribution in [1.29, 1.82) is 0 Å². The number of methoxy groups -OCH3 is 1. The molecule has 1 aliphatic rings. The molecule has 0 spiro atoms. The van der Waals surface area contributed by atoms with Crippen molar-refractivity contribution in [2.45, 2.75) is 13.0 Å². The van der Waals surface area contributed by atoms with Crippen molar-refractivity contribution in [2.75, 3.05) is 18.6 Å². The van der Waals surface area contributed by atoms with Crippen molar-refractivity contribution in [3.63, 3.8) is 0 Å². The van der Waals surface area contributed by atoms with Crippen LogP contribution in [0.1, 0.15) is 16.2 Å². The number of ether oxygens (including phenoxy) is 2. The van der Waals surface area contributed by atoms with E-state index in [9.17, 15) is 9.59 Å². The van der Waals surface area contributed by atoms with Crippen LogP contribution < -0.4 is 9.64 Å². The Labute approximate surface area is 132 Å². The van der Waals surface area contributed by atoms with Crippen molar-refractivity contribution in [1.82, 2.24) is 9.97 Å². The van der Waals surface area contributed by atoms with Gasteiger partial charge in [-0.1, -0.05) is 12.1 Å². The minimum absolute atomic E-state index is 0.0536. The highest BCUT2D eigenvalue weighted by Crippen LogP contribution is 2.34. The summed E-state index contributed by atoms with van der Waals surface area (Å²) in [5.74, 6) is -0.433. The number of para-hydroxylation sites is 2. The first-order chi connectivity index (χ1) is 11.1. The van der Waals surface area contributed by atoms with E-state index in [4.69, 9.17) is 9.47 Å². The van der Waals surface area contributed by atoms with E-state index < -0.39 is 12.1 Å². The Bertz CT molecular complexity index is 745. The van der Waals surface area contributed by atoms with Crippen molar-refractivity contribution in [2.24, 2.45) is 0 Å². The zero-order valence-corrected chi connectivity index (χ0v) is 12.7. The highest BCUT2D eigenvalue weighted by molar-refractivity contribution is 6.06. The summed E-state index contributed by atoms with van der Waals surface area (Å²) >= 11 is 0. The lowest BCUT2D eigenvalue weighted by Crippen LogP contribution is -2.47. The van der Waals surface area contributed by atoms with Crippen LogP contribution in [-0.4, -0.2) is 41.6 Å². The quantitative estimate of drug-likeness (QED) is 0.779. The number of fused-ring (bicyclic) bond motifs is 1. The molecule has 2 aromatic rings. The minimum atomic E-state index is -0.878. The highest BCUT2D eigenvalue weighted by Gasteiger charge is 2.35. The van der Waals surface area contributed by atoms with Crippen LogP contribution >= 0.6 is 0 Å². The number of aryl methyl sites for hydroxylation is 1. The van der Waals surface area contributed by atoms with Gasteiger partial charge in [0.15, 0.2) is 0 Å². The third-order valence-electron chi connectivity index (χ3n) is 3.48. The van der Waals surface area contributed by atoms with E-state index in [1.165, 1.54) is 24.4 Å². The maximum absolute atomic E-state index is 12.7. The standard InChI is InChI=1S/C16H15N3O4/c1-10-7-18-11(8-17-10)15(20)19-9-14(16(21)22-2)23-13-6-4-3-5-12(13)19/h3-8,14H,9H2,1-2H3/t14-/m0/s1. The van der Waals surface area contributed by atoms with Crippen molar-refractivity contribution in [3.8, 4) is 5.75 Å². The number of carbonyl (C=O) groups is 2. The Hall–Kier alpha value is -2.96. The number of nitrogens with zero attached hydrogens (tertiary/aromatic N) is 3. The Morgan fingerprint density at radius 2 is 2.04 bits per heavy atom. The summed E-state index contributed by atoms with van der Waals surface area (Å²) in [6, 6.07) is 7.02. The number of amides is 1. The van der Waals surface area contributed by atoms with Crippen LogP contribution in [-0.2, 0) is 9.53 Å². The Morgan fingerprint density at radius 3 is 2.74 bits per heavy atom. The van der Waals surface area contributed by atoms with E-state index in [1.807, 2.05) is 0 Å². The van der Waals surface area contributed by atoms with Gasteiger partial charge in [-0.3, -0.25) is 14.7 Å². The summed E-state index contributed by atoms with van der Waals surface area (Å²) in [4.78, 5) is 34.2. The molecule has 3 rings (SSSR count). The summed E-state index contributed by atoms with van der Waals surface area (Å²) in [5, 5.41) is 0. The average molecular weight is 313 g/mol. The predicted octanol–water partition coefficient (Wildman–Crippen LogP) is 1.37. The molecule has 1 aliphatic heterocycles. The van der Waals surface area contributed by atoms with Gasteiger partial charge >= 0.3 is 5.97 Å². The number of aromatic nitrogens is 2. The molecule has 118 valence electrons. The molecule has 23 heavy (non-hydrogen) atoms. The molecule has 1 atom stereocenters. The number of rotatable bonds is 2. The molecule has 0 aliphatic carbocycles. The second-order valence-corrected chi connectivity index (χ2v) is 5.06. The number of esters is 1. The first-order valence-corrected chi connectivity index (χ1v) is 7.04. The second kappa shape index (κ2) is 6.04. The monoisotopic (exact) mass is 313 g/mol. The van der Waals surface area contributed by atoms with Gasteiger partial charge in [-0.2, -0.15) is 0 Å². The van der Waals surface area contributed by atoms with Crippen molar-refractivity contribution < 1.29 is 19.1 Å². The van der Waals surface area contributed by atoms with E-state index in [2.05, 4.69) is 9.97 Å². The van der Waals surface area contributed by atoms with Crippen molar-refractivity contribution >= 4 is 17.6 Å². The number of carbonyl (C=O) groups excluding carboxylic acids is 2. The van der Waals surface area contributed by atoms with Crippen LogP contribution in [0.3, 0.4) is 0 Å². The van der Waals surface area contributed by atoms with E-state index in [0.29, 0.717) is 11.4 Å². The minimum Gasteiger partial charge on any atom is -0.475 e. The maximum Gasteiger partial charge on any atom is 0.348 e. The van der Waals surface area contributed by atoms with E-state index in [1.54, 1.807) is 31.2 Å². The van der Waals surface area contributed by atoms with Gasteiger partial charge in [0, 0.05) is 6.20 Å². The smallest absolute Gasteiger partial charge is 0.348 e. The SMILES string of the molecule is COC(=O)[C@@H]1CN(C(=O)c2cnc(C)cn2)c2ccccc2O1. The van der Waals surface area contributed by atoms with Crippen LogP contribution in [0.15, 0.2) is 36.7 Å². The predicted molar refractivity (Wildman–Crippen MR) is 81.3 cm³/mol. The van der Waals surface area contributed by atoms with Gasteiger partial charge in [-0.15, -0.1) is 0 Å². The largest absolute Gasteiger partial charge is 0.475 e. The summed E-state index contributed by atoms with van der Waals surface area (Å²) in [5.41, 5.74) is 1.51. The molecule has 1 aromatic carbocycles. The Kier molecular flexibility index (Phi) is 3.92. The average Bonchev–Trinajstić information content (AvgIpc) is 2.60. The first kappa shape index (κ1) is 15.0. The zero-order valence-electron chi connectivity index (χ0n) is 12.7. The van der Waals surface area contributed by atoms with Gasteiger partial charge in [0.25, 0.3) is 5.91 Å². The number of anilines is 1. The van der Waals surface area contributed by atoms with Gasteiger partial charge < -0.3 is 9.47 Å². The fourth-order valence-electron chi connectivity index (χ4n) is 2.32. The molecule has 7 nitrogen and oxygen atoms in total. The molecule has 7 heteroatoms. The fourth-order valence-corrected chi connectivity index (χ4v) is 2.32. The molecule has 1 amide bonds. The highest BCUT2D eigenvalue weighted by atomic mass is 16.6. The normalized spacial score (nSPS) is 16.3. The van der Waals surface area contributed by atoms with Gasteiger partial charge in [-0.05, 0) is 19.1 Å². The van der Waals surface area contributed by atoms with Crippen molar-refractivity contribution in [3.05, 3.63) is 48.0 Å². The second-order valence-electron chi connectivity index (χ2n) is 5.06. The molecule has 0 saturated carbocycles. The van der Waals surface area contributed by atoms with Gasteiger partial charge in [0.2, 0.25) is 6.10 Å². The molecule has 0 unspecified atom stereocenters. The third-order valence-corrected chi connectivity index (χ3v) is 3.48. The Morgan fingerprint density at radius 1 is 1.26 bits per heavy atom. The van der Waals surface area contributed by atoms with Crippen LogP contribution in [0.5, 0.6) is 5.75 Å². The Balaban J connectivity index is 1.97. The lowest BCUT2D eigenvalue weighted by atomic mass is 10.1. The summed E-state index contributed by atoms with van der Waals surface area (Å²) < 4.78 is 10.3. The number of hydrogen-bond donors (Lipinski definition) is 0. The van der Waals surface area contributed by atoms with E-state index >= 15 is 0 Å². The van der Waals surface area contributed by atoms with Gasteiger partial charge in [0.05, 0.1) is 31.2 Å². The summed E-state index contributed by atoms with van der Waals surface area (Å²) in [6.07, 6.45) is 2.07. The van der Waals surface area contributed by atoms with Crippen LogP contribution in [0.2, 0.25) is 0 Å². The van der Waals surface area contributed by atoms with E-state index in [0.717, 1.165) is 5.69 Å². The summed E-state index contributed by atoms with van der Waals surface area (Å²) in [7, 11) is 1.28. The fraction of sp³-hybridized carbons (Fsp3) is 0.250. The molecule has 0 saturated heterocycles. The van der Waals surface area contributed by atoms with Crippen LogP contribution in [0.25, 0.3) is 0 Å². The lowest BCUT2D eigenvalue weighted by Gasteiger charge is -2.33. The first-order valence-electron chi connectivity index (χ1n) is 7.04. The molecule has 2 heterocycles. The van der Waals surface area contributed by atoms with Gasteiger partial charge in [0.1, 0.15) is 11.4 Å². The summed E-state index contributed by atoms with van der Waals surface area (Å²) in [6.45, 7) is 1.84. The lowest BCUT2D eigenvalue weighted by molar-refractivity contribution is -0.148. The third kappa shape index (κ3) is 2.85. The molecule has 0 N–H and O–H groups in total. The molecular weight excluding hydrogens is 298 g/mol. The molecular formula is C16H15N3O4. The number of hydrogen-bond acceptors (Lipinski definition) is 6.